The number of hydrogen-bond donors (Lipinski definition) is 1. The van der Waals surface area contributed by atoms with Gasteiger partial charge in [-0.15, -0.1) is 11.3 Å². The van der Waals surface area contributed by atoms with Crippen LogP contribution in [-0.2, 0) is 10.8 Å². The Morgan fingerprint density at radius 3 is 2.11 bits per heavy atom. The number of hydrogen-bond acceptors (Lipinski definition) is 2. The lowest BCUT2D eigenvalue weighted by atomic mass is 9.93. The number of rotatable bonds is 1. The second kappa shape index (κ2) is 4.23. The molecule has 0 bridgehead atoms. The minimum atomic E-state index is 0.120. The van der Waals surface area contributed by atoms with Gasteiger partial charge >= 0.3 is 0 Å². The molecular weight excluding hydrogens is 240 g/mol. The highest BCUT2D eigenvalue weighted by Crippen LogP contribution is 2.34. The topological polar surface area (TPSA) is 28.7 Å². The fourth-order valence-corrected chi connectivity index (χ4v) is 2.71. The molecule has 0 saturated heterocycles. The van der Waals surface area contributed by atoms with Crippen LogP contribution in [0.4, 0.5) is 0 Å². The first-order valence-electron chi connectivity index (χ1n) is 6.34. The highest BCUT2D eigenvalue weighted by atomic mass is 32.1. The molecule has 3 heteroatoms. The minimum absolute atomic E-state index is 0.120. The van der Waals surface area contributed by atoms with Crippen LogP contribution in [0, 0.1) is 0 Å². The summed E-state index contributed by atoms with van der Waals surface area (Å²) < 4.78 is 0. The predicted octanol–water partition coefficient (Wildman–Crippen LogP) is 4.73. The Bertz CT molecular complexity index is 485. The SMILES string of the molecule is CC(C)(C)c1cnc(-c2ccc(C(C)(C)C)s2)[nH]1. The number of imidazole rings is 1. The molecule has 18 heavy (non-hydrogen) atoms. The smallest absolute Gasteiger partial charge is 0.147 e. The standard InChI is InChI=1S/C15H22N2S/c1-14(2,3)11-9-16-13(17-11)10-7-8-12(18-10)15(4,5)6/h7-9H,1-6H3,(H,16,17). The number of nitrogens with zero attached hydrogens (tertiary/aromatic N) is 1. The molecule has 1 N–H and O–H groups in total. The van der Waals surface area contributed by atoms with Crippen LogP contribution in [0.5, 0.6) is 0 Å². The van der Waals surface area contributed by atoms with E-state index in [0.29, 0.717) is 0 Å². The van der Waals surface area contributed by atoms with Crippen molar-refractivity contribution in [2.45, 2.75) is 52.4 Å². The summed E-state index contributed by atoms with van der Waals surface area (Å²) >= 11 is 1.82. The second-order valence-electron chi connectivity index (χ2n) is 6.81. The van der Waals surface area contributed by atoms with E-state index >= 15 is 0 Å². The predicted molar refractivity (Wildman–Crippen MR) is 79.3 cm³/mol. The number of H-pyrrole nitrogens is 1. The third-order valence-electron chi connectivity index (χ3n) is 2.96. The number of aromatic nitrogens is 2. The summed E-state index contributed by atoms with van der Waals surface area (Å²) in [5.41, 5.74) is 1.51. The molecule has 0 spiro atoms. The summed E-state index contributed by atoms with van der Waals surface area (Å²) in [6, 6.07) is 4.37. The Morgan fingerprint density at radius 1 is 1.00 bits per heavy atom. The van der Waals surface area contributed by atoms with Gasteiger partial charge in [-0.25, -0.2) is 4.98 Å². The summed E-state index contributed by atoms with van der Waals surface area (Å²) in [7, 11) is 0. The van der Waals surface area contributed by atoms with Gasteiger partial charge in [0, 0.05) is 22.2 Å². The van der Waals surface area contributed by atoms with Gasteiger partial charge in [0.1, 0.15) is 5.82 Å². The quantitative estimate of drug-likeness (QED) is 0.790. The fraction of sp³-hybridized carbons (Fsp3) is 0.533. The van der Waals surface area contributed by atoms with Crippen LogP contribution in [0.3, 0.4) is 0 Å². The van der Waals surface area contributed by atoms with E-state index in [1.165, 1.54) is 15.4 Å². The third-order valence-corrected chi connectivity index (χ3v) is 4.48. The maximum absolute atomic E-state index is 4.50. The molecule has 0 atom stereocenters. The minimum Gasteiger partial charge on any atom is -0.341 e. The van der Waals surface area contributed by atoms with Crippen molar-refractivity contribution in [1.82, 2.24) is 9.97 Å². The molecule has 2 nitrogen and oxygen atoms in total. The van der Waals surface area contributed by atoms with E-state index < -0.39 is 0 Å². The van der Waals surface area contributed by atoms with Crippen molar-refractivity contribution in [2.24, 2.45) is 0 Å². The maximum atomic E-state index is 4.50. The number of thiophene rings is 1. The zero-order chi connectivity index (χ0) is 13.6. The monoisotopic (exact) mass is 262 g/mol. The number of aromatic amines is 1. The van der Waals surface area contributed by atoms with Crippen LogP contribution in [-0.4, -0.2) is 9.97 Å². The van der Waals surface area contributed by atoms with Crippen LogP contribution in [0.25, 0.3) is 10.7 Å². The third kappa shape index (κ3) is 2.66. The molecule has 0 amide bonds. The van der Waals surface area contributed by atoms with Gasteiger partial charge in [0.05, 0.1) is 4.88 Å². The fourth-order valence-electron chi connectivity index (χ4n) is 1.70. The van der Waals surface area contributed by atoms with E-state index in [9.17, 15) is 0 Å². The van der Waals surface area contributed by atoms with Crippen LogP contribution in [0.2, 0.25) is 0 Å². The molecule has 0 aromatic carbocycles. The van der Waals surface area contributed by atoms with Gasteiger partial charge in [-0.2, -0.15) is 0 Å². The summed E-state index contributed by atoms with van der Waals surface area (Å²) in [4.78, 5) is 10.5. The molecular formula is C15H22N2S. The van der Waals surface area contributed by atoms with Crippen molar-refractivity contribution in [3.63, 3.8) is 0 Å². The lowest BCUT2D eigenvalue weighted by Gasteiger charge is -2.15. The Kier molecular flexibility index (Phi) is 3.14. The Balaban J connectivity index is 2.33. The average Bonchev–Trinajstić information content (AvgIpc) is 2.84. The van der Waals surface area contributed by atoms with Crippen LogP contribution in [0.15, 0.2) is 18.3 Å². The first kappa shape index (κ1) is 13.3. The van der Waals surface area contributed by atoms with E-state index in [4.69, 9.17) is 0 Å². The van der Waals surface area contributed by atoms with Crippen molar-refractivity contribution in [1.29, 1.82) is 0 Å². The Labute approximate surface area is 113 Å². The zero-order valence-electron chi connectivity index (χ0n) is 12.1. The van der Waals surface area contributed by atoms with E-state index in [1.54, 1.807) is 0 Å². The van der Waals surface area contributed by atoms with E-state index in [0.717, 1.165) is 5.82 Å². The summed E-state index contributed by atoms with van der Waals surface area (Å²) in [6.07, 6.45) is 1.95. The van der Waals surface area contributed by atoms with Gasteiger partial charge in [-0.05, 0) is 17.5 Å². The molecule has 2 rings (SSSR count). The van der Waals surface area contributed by atoms with Crippen molar-refractivity contribution in [3.05, 3.63) is 28.9 Å². The average molecular weight is 262 g/mol. The van der Waals surface area contributed by atoms with Crippen LogP contribution >= 0.6 is 11.3 Å². The number of nitrogens with one attached hydrogen (secondary N) is 1. The highest BCUT2D eigenvalue weighted by Gasteiger charge is 2.20. The van der Waals surface area contributed by atoms with Crippen molar-refractivity contribution in [3.8, 4) is 10.7 Å². The first-order valence-corrected chi connectivity index (χ1v) is 7.16. The molecule has 0 fully saturated rings. The molecule has 2 aromatic heterocycles. The van der Waals surface area contributed by atoms with Crippen molar-refractivity contribution in [2.75, 3.05) is 0 Å². The lowest BCUT2D eigenvalue weighted by Crippen LogP contribution is -2.11. The summed E-state index contributed by atoms with van der Waals surface area (Å²) in [6.45, 7) is 13.3. The lowest BCUT2D eigenvalue weighted by molar-refractivity contribution is 0.573. The molecule has 0 unspecified atom stereocenters. The highest BCUT2D eigenvalue weighted by molar-refractivity contribution is 7.15. The molecule has 0 aliphatic carbocycles. The van der Waals surface area contributed by atoms with E-state index in [1.807, 2.05) is 17.5 Å². The molecule has 2 aromatic rings. The summed E-state index contributed by atoms with van der Waals surface area (Å²) in [5, 5.41) is 0. The molecule has 0 aliphatic rings. The van der Waals surface area contributed by atoms with Gasteiger partial charge in [0.25, 0.3) is 0 Å². The van der Waals surface area contributed by atoms with Gasteiger partial charge in [0.2, 0.25) is 0 Å². The summed E-state index contributed by atoms with van der Waals surface area (Å²) in [5.74, 6) is 0.987. The van der Waals surface area contributed by atoms with E-state index in [-0.39, 0.29) is 10.8 Å². The zero-order valence-corrected chi connectivity index (χ0v) is 12.9. The Morgan fingerprint density at radius 2 is 1.67 bits per heavy atom. The maximum Gasteiger partial charge on any atom is 0.147 e. The second-order valence-corrected chi connectivity index (χ2v) is 7.89. The molecule has 98 valence electrons. The van der Waals surface area contributed by atoms with Gasteiger partial charge in [-0.1, -0.05) is 41.5 Å². The normalized spacial score (nSPS) is 13.0. The van der Waals surface area contributed by atoms with Crippen LogP contribution < -0.4 is 0 Å². The van der Waals surface area contributed by atoms with Crippen molar-refractivity contribution < 1.29 is 0 Å². The van der Waals surface area contributed by atoms with Gasteiger partial charge < -0.3 is 4.98 Å². The molecule has 2 heterocycles. The molecule has 0 aliphatic heterocycles. The largest absolute Gasteiger partial charge is 0.341 e. The molecule has 0 radical (unpaired) electrons. The van der Waals surface area contributed by atoms with Gasteiger partial charge in [0.15, 0.2) is 0 Å². The Hall–Kier alpha value is -1.09. The molecule has 0 saturated carbocycles. The van der Waals surface area contributed by atoms with Gasteiger partial charge in [-0.3, -0.25) is 0 Å². The van der Waals surface area contributed by atoms with E-state index in [2.05, 4.69) is 63.6 Å². The van der Waals surface area contributed by atoms with Crippen LogP contribution in [0.1, 0.15) is 52.1 Å². The first-order chi connectivity index (χ1) is 8.18. The van der Waals surface area contributed by atoms with Crippen molar-refractivity contribution >= 4 is 11.3 Å².